The maximum atomic E-state index is 14.3. The van der Waals surface area contributed by atoms with E-state index in [1.807, 2.05) is 34.6 Å². The fraction of sp³-hybridized carbons (Fsp3) is 0.774. The van der Waals surface area contributed by atoms with Crippen LogP contribution >= 0.6 is 0 Å². The van der Waals surface area contributed by atoms with Crippen molar-refractivity contribution in [3.63, 3.8) is 0 Å². The summed E-state index contributed by atoms with van der Waals surface area (Å²) < 4.78 is 16.8. The maximum Gasteiger partial charge on any atom is 0.407 e. The third kappa shape index (κ3) is 8.16. The fourth-order valence-electron chi connectivity index (χ4n) is 6.15. The van der Waals surface area contributed by atoms with Crippen LogP contribution in [0.4, 0.5) is 10.6 Å². The predicted octanol–water partition coefficient (Wildman–Crippen LogP) is 3.05. The van der Waals surface area contributed by atoms with Crippen molar-refractivity contribution >= 4 is 23.7 Å². The molecule has 246 valence electrons. The third-order valence-corrected chi connectivity index (χ3v) is 8.47. The molecule has 3 aliphatic heterocycles. The van der Waals surface area contributed by atoms with Crippen LogP contribution in [0.3, 0.4) is 0 Å². The zero-order chi connectivity index (χ0) is 32.1. The van der Waals surface area contributed by atoms with E-state index in [4.69, 9.17) is 19.2 Å². The van der Waals surface area contributed by atoms with Crippen LogP contribution in [0.5, 0.6) is 0 Å². The molecule has 1 spiro atoms. The molecule has 0 aromatic carbocycles. The molecule has 44 heavy (non-hydrogen) atoms. The molecule has 3 amide bonds. The van der Waals surface area contributed by atoms with Gasteiger partial charge in [-0.15, -0.1) is 0 Å². The van der Waals surface area contributed by atoms with E-state index >= 15 is 0 Å². The van der Waals surface area contributed by atoms with E-state index in [0.29, 0.717) is 82.5 Å². The molecule has 3 aliphatic rings. The van der Waals surface area contributed by atoms with Gasteiger partial charge in [-0.25, -0.2) is 14.8 Å². The number of nitrogens with one attached hydrogen (secondary N) is 1. The molecule has 1 aromatic rings. The van der Waals surface area contributed by atoms with Gasteiger partial charge in [-0.2, -0.15) is 0 Å². The second kappa shape index (κ2) is 14.4. The number of carbonyl (C=O) groups excluding carboxylic acids is 2. The molecule has 0 radical (unpaired) electrons. The first-order valence-electron chi connectivity index (χ1n) is 15.8. The van der Waals surface area contributed by atoms with Crippen LogP contribution in [0, 0.1) is 11.8 Å². The maximum absolute atomic E-state index is 14.3. The minimum absolute atomic E-state index is 0.0934. The van der Waals surface area contributed by atoms with Crippen LogP contribution in [-0.2, 0) is 24.4 Å². The molecule has 13 nitrogen and oxygen atoms in total. The molecule has 0 saturated carbocycles. The summed E-state index contributed by atoms with van der Waals surface area (Å²) >= 11 is 0. The number of nitrogens with zero attached hydrogens (tertiary/aromatic N) is 5. The van der Waals surface area contributed by atoms with E-state index in [1.54, 1.807) is 23.1 Å². The number of likely N-dealkylation sites (tertiary alicyclic amines) is 2. The first-order valence-corrected chi connectivity index (χ1v) is 15.8. The highest BCUT2D eigenvalue weighted by Gasteiger charge is 2.44. The number of piperidine rings is 2. The lowest BCUT2D eigenvalue weighted by Gasteiger charge is -2.44. The number of amides is 3. The highest BCUT2D eigenvalue weighted by molar-refractivity contribution is 5.98. The second-order valence-corrected chi connectivity index (χ2v) is 13.5. The Bertz CT molecular complexity index is 1160. The lowest BCUT2D eigenvalue weighted by molar-refractivity contribution is -0.188. The standard InChI is InChI=1S/C31H50N6O7/c1-21(2)18-37(27(39)24-17-33-28(30(3,4)5)34-25(24)32-10-7-13-42-6)23-16-22(19-36(20-23)29(40)41)26(38)35-11-8-31(9-12-35)43-14-15-44-31/h17,21-23H,7-16,18-20H2,1-6H3,(H,40,41)(H,32,33,34)/t22-,23+/m1/s1. The molecular weight excluding hydrogens is 568 g/mol. The van der Waals surface area contributed by atoms with Gasteiger partial charge in [0.2, 0.25) is 5.91 Å². The van der Waals surface area contributed by atoms with Crippen molar-refractivity contribution in [2.24, 2.45) is 11.8 Å². The van der Waals surface area contributed by atoms with Crippen molar-refractivity contribution in [1.29, 1.82) is 0 Å². The molecule has 1 aromatic heterocycles. The van der Waals surface area contributed by atoms with E-state index in [2.05, 4.69) is 10.3 Å². The molecule has 0 unspecified atom stereocenters. The Balaban J connectivity index is 1.58. The molecule has 2 atom stereocenters. The zero-order valence-electron chi connectivity index (χ0n) is 27.1. The Labute approximate surface area is 260 Å². The van der Waals surface area contributed by atoms with E-state index < -0.39 is 23.8 Å². The highest BCUT2D eigenvalue weighted by atomic mass is 16.7. The van der Waals surface area contributed by atoms with E-state index in [-0.39, 0.29) is 36.2 Å². The summed E-state index contributed by atoms with van der Waals surface area (Å²) in [5, 5.41) is 13.3. The van der Waals surface area contributed by atoms with Crippen LogP contribution in [0.15, 0.2) is 6.20 Å². The van der Waals surface area contributed by atoms with Gasteiger partial charge in [-0.1, -0.05) is 34.6 Å². The summed E-state index contributed by atoms with van der Waals surface area (Å²) in [7, 11) is 1.64. The number of carbonyl (C=O) groups is 3. The quantitative estimate of drug-likeness (QED) is 0.375. The second-order valence-electron chi connectivity index (χ2n) is 13.5. The molecule has 3 saturated heterocycles. The van der Waals surface area contributed by atoms with Gasteiger partial charge in [-0.05, 0) is 18.8 Å². The number of anilines is 1. The van der Waals surface area contributed by atoms with E-state index in [0.717, 1.165) is 6.42 Å². The van der Waals surface area contributed by atoms with Gasteiger partial charge in [0.05, 0.1) is 25.2 Å². The molecule has 13 heteroatoms. The molecule has 3 fully saturated rings. The molecule has 4 rings (SSSR count). The lowest BCUT2D eigenvalue weighted by atomic mass is 9.90. The normalized spacial score (nSPS) is 22.0. The number of rotatable bonds is 10. The summed E-state index contributed by atoms with van der Waals surface area (Å²) in [4.78, 5) is 54.5. The van der Waals surface area contributed by atoms with Crippen LogP contribution in [-0.4, -0.2) is 126 Å². The van der Waals surface area contributed by atoms with Crippen molar-refractivity contribution < 1.29 is 33.7 Å². The van der Waals surface area contributed by atoms with Gasteiger partial charge in [0, 0.05) is 77.4 Å². The van der Waals surface area contributed by atoms with E-state index in [1.165, 1.54) is 4.90 Å². The average Bonchev–Trinajstić information content (AvgIpc) is 3.44. The highest BCUT2D eigenvalue weighted by Crippen LogP contribution is 2.33. The van der Waals surface area contributed by atoms with Gasteiger partial charge < -0.3 is 39.3 Å². The van der Waals surface area contributed by atoms with Gasteiger partial charge in [0.1, 0.15) is 17.2 Å². The summed E-state index contributed by atoms with van der Waals surface area (Å²) in [5.74, 6) is -0.410. The monoisotopic (exact) mass is 618 g/mol. The number of ether oxygens (including phenoxy) is 3. The van der Waals surface area contributed by atoms with E-state index in [9.17, 15) is 19.5 Å². The smallest absolute Gasteiger partial charge is 0.407 e. The van der Waals surface area contributed by atoms with Crippen LogP contribution in [0.25, 0.3) is 0 Å². The summed E-state index contributed by atoms with van der Waals surface area (Å²) in [6.45, 7) is 13.9. The largest absolute Gasteiger partial charge is 0.465 e. The Morgan fingerprint density at radius 2 is 1.84 bits per heavy atom. The Hall–Kier alpha value is -3.03. The number of aromatic nitrogens is 2. The van der Waals surface area contributed by atoms with Crippen LogP contribution in [0.1, 0.15) is 76.5 Å². The summed E-state index contributed by atoms with van der Waals surface area (Å²) in [5.41, 5.74) is -0.00476. The van der Waals surface area contributed by atoms with Crippen molar-refractivity contribution in [2.75, 3.05) is 71.5 Å². The minimum atomic E-state index is -1.10. The number of carboxylic acid groups (broad SMARTS) is 1. The molecule has 2 N–H and O–H groups in total. The summed E-state index contributed by atoms with van der Waals surface area (Å²) in [6.07, 6.45) is 2.73. The van der Waals surface area contributed by atoms with Crippen molar-refractivity contribution in [3.05, 3.63) is 17.6 Å². The lowest BCUT2D eigenvalue weighted by Crippen LogP contribution is -2.58. The Morgan fingerprint density at radius 1 is 1.16 bits per heavy atom. The van der Waals surface area contributed by atoms with Gasteiger partial charge in [0.25, 0.3) is 5.91 Å². The molecule has 0 bridgehead atoms. The van der Waals surface area contributed by atoms with Crippen molar-refractivity contribution in [3.8, 4) is 0 Å². The predicted molar refractivity (Wildman–Crippen MR) is 164 cm³/mol. The Kier molecular flexibility index (Phi) is 11.1. The fourth-order valence-corrected chi connectivity index (χ4v) is 6.15. The SMILES string of the molecule is COCCCNc1nc(C(C)(C)C)ncc1C(=O)N(CC(C)C)[C@H]1C[C@@H](C(=O)N2CCC3(CC2)OCCO3)CN(C(=O)O)C1. The third-order valence-electron chi connectivity index (χ3n) is 8.47. The van der Waals surface area contributed by atoms with Gasteiger partial charge in [-0.3, -0.25) is 9.59 Å². The minimum Gasteiger partial charge on any atom is -0.465 e. The van der Waals surface area contributed by atoms with Gasteiger partial charge in [0.15, 0.2) is 5.79 Å². The molecule has 4 heterocycles. The van der Waals surface area contributed by atoms with Crippen molar-refractivity contribution in [2.45, 2.75) is 77.5 Å². The Morgan fingerprint density at radius 3 is 2.43 bits per heavy atom. The van der Waals surface area contributed by atoms with Crippen molar-refractivity contribution in [1.82, 2.24) is 24.7 Å². The summed E-state index contributed by atoms with van der Waals surface area (Å²) in [6, 6.07) is -0.495. The number of methoxy groups -OCH3 is 1. The first kappa shape index (κ1) is 33.9. The number of hydrogen-bond acceptors (Lipinski definition) is 9. The zero-order valence-corrected chi connectivity index (χ0v) is 27.1. The average molecular weight is 619 g/mol. The molecule has 0 aliphatic carbocycles. The number of hydrogen-bond donors (Lipinski definition) is 2. The topological polar surface area (TPSA) is 147 Å². The van der Waals surface area contributed by atoms with Gasteiger partial charge >= 0.3 is 6.09 Å². The van der Waals surface area contributed by atoms with Crippen LogP contribution < -0.4 is 5.32 Å². The van der Waals surface area contributed by atoms with Crippen LogP contribution in [0.2, 0.25) is 0 Å². The first-order chi connectivity index (χ1) is 20.8. The molecular formula is C31H50N6O7.